The summed E-state index contributed by atoms with van der Waals surface area (Å²) in [6.07, 6.45) is 7.08. The summed E-state index contributed by atoms with van der Waals surface area (Å²) in [5, 5.41) is 11.9. The van der Waals surface area contributed by atoms with Crippen LogP contribution in [-0.4, -0.2) is 86.7 Å². The molecule has 4 rings (SSSR count). The van der Waals surface area contributed by atoms with Crippen molar-refractivity contribution in [1.29, 1.82) is 0 Å². The second-order valence-electron chi connectivity index (χ2n) is 12.6. The molecule has 250 valence electrons. The maximum Gasteiger partial charge on any atom is 0.271 e. The molecule has 2 aromatic rings. The highest BCUT2D eigenvalue weighted by atomic mass is 32.2. The number of benzene rings is 1. The molecule has 1 fully saturated rings. The summed E-state index contributed by atoms with van der Waals surface area (Å²) in [5.74, 6) is 0.00651. The molecule has 4 atom stereocenters. The quantitative estimate of drug-likeness (QED) is 0.388. The van der Waals surface area contributed by atoms with Crippen LogP contribution in [0.5, 0.6) is 5.75 Å². The van der Waals surface area contributed by atoms with Gasteiger partial charge in [-0.15, -0.1) is 11.3 Å². The fourth-order valence-electron chi connectivity index (χ4n) is 6.09. The summed E-state index contributed by atoms with van der Waals surface area (Å²) in [4.78, 5) is 31.0. The zero-order chi connectivity index (χ0) is 32.6. The Morgan fingerprint density at radius 2 is 1.87 bits per heavy atom. The smallest absolute Gasteiger partial charge is 0.271 e. The first kappa shape index (κ1) is 35.2. The molecule has 1 saturated carbocycles. The minimum absolute atomic E-state index is 0.0504. The van der Waals surface area contributed by atoms with Crippen LogP contribution in [0.25, 0.3) is 0 Å². The third-order valence-corrected chi connectivity index (χ3v) is 11.6. The van der Waals surface area contributed by atoms with Crippen LogP contribution < -0.4 is 9.46 Å². The molecule has 10 nitrogen and oxygen atoms in total. The number of hydrogen-bond acceptors (Lipinski definition) is 8. The zero-order valence-corrected chi connectivity index (χ0v) is 28.6. The van der Waals surface area contributed by atoms with E-state index in [0.29, 0.717) is 18.9 Å². The highest BCUT2D eigenvalue weighted by Crippen LogP contribution is 2.30. The lowest BCUT2D eigenvalue weighted by molar-refractivity contribution is -0.137. The number of thiophene rings is 1. The summed E-state index contributed by atoms with van der Waals surface area (Å²) in [5.41, 5.74) is 0.446. The van der Waals surface area contributed by atoms with Crippen molar-refractivity contribution in [2.24, 2.45) is 11.8 Å². The van der Waals surface area contributed by atoms with E-state index in [-0.39, 0.29) is 64.5 Å². The highest BCUT2D eigenvalue weighted by Gasteiger charge is 2.32. The predicted molar refractivity (Wildman–Crippen MR) is 176 cm³/mol. The van der Waals surface area contributed by atoms with Gasteiger partial charge >= 0.3 is 0 Å². The van der Waals surface area contributed by atoms with Crippen molar-refractivity contribution in [3.8, 4) is 5.75 Å². The topological polar surface area (TPSA) is 125 Å². The van der Waals surface area contributed by atoms with Gasteiger partial charge in [-0.05, 0) is 75.6 Å². The van der Waals surface area contributed by atoms with Crippen LogP contribution in [0.4, 0.5) is 5.69 Å². The minimum atomic E-state index is -3.84. The largest absolute Gasteiger partial charge is 0.490 e. The van der Waals surface area contributed by atoms with Gasteiger partial charge in [-0.2, -0.15) is 0 Å². The number of ether oxygens (including phenoxy) is 2. The Kier molecular flexibility index (Phi) is 12.7. The van der Waals surface area contributed by atoms with Crippen LogP contribution >= 0.6 is 11.3 Å². The Morgan fingerprint density at radius 1 is 1.13 bits per heavy atom. The number of nitrogens with zero attached hydrogens (tertiary/aromatic N) is 2. The summed E-state index contributed by atoms with van der Waals surface area (Å²) in [6, 6.07) is 7.38. The lowest BCUT2D eigenvalue weighted by Gasteiger charge is -2.36. The summed E-state index contributed by atoms with van der Waals surface area (Å²) >= 11 is 1.10. The molecule has 45 heavy (non-hydrogen) atoms. The molecular formula is C33H49N3O7S2. The normalized spacial score (nSPS) is 23.4. The van der Waals surface area contributed by atoms with Gasteiger partial charge in [0, 0.05) is 44.3 Å². The van der Waals surface area contributed by atoms with E-state index in [1.165, 1.54) is 18.6 Å². The third kappa shape index (κ3) is 9.43. The van der Waals surface area contributed by atoms with Crippen LogP contribution in [0.1, 0.15) is 82.5 Å². The van der Waals surface area contributed by atoms with Crippen molar-refractivity contribution < 1.29 is 32.6 Å². The van der Waals surface area contributed by atoms with E-state index in [2.05, 4.69) is 4.72 Å². The van der Waals surface area contributed by atoms with E-state index in [1.54, 1.807) is 40.3 Å². The molecule has 2 N–H and O–H groups in total. The molecular weight excluding hydrogens is 615 g/mol. The van der Waals surface area contributed by atoms with E-state index in [4.69, 9.17) is 9.47 Å². The number of aliphatic hydroxyl groups excluding tert-OH is 1. The van der Waals surface area contributed by atoms with Gasteiger partial charge in [0.05, 0.1) is 30.4 Å². The number of rotatable bonds is 8. The molecule has 1 aromatic carbocycles. The van der Waals surface area contributed by atoms with Gasteiger partial charge in [0.15, 0.2) is 0 Å². The van der Waals surface area contributed by atoms with Gasteiger partial charge in [0.1, 0.15) is 9.96 Å². The van der Waals surface area contributed by atoms with Crippen molar-refractivity contribution in [2.75, 3.05) is 38.1 Å². The predicted octanol–water partition coefficient (Wildman–Crippen LogP) is 5.38. The monoisotopic (exact) mass is 663 g/mol. The van der Waals surface area contributed by atoms with E-state index in [9.17, 15) is 23.1 Å². The van der Waals surface area contributed by atoms with Gasteiger partial charge in [0.25, 0.3) is 15.9 Å². The maximum atomic E-state index is 14.3. The first-order chi connectivity index (χ1) is 21.5. The fourth-order valence-corrected chi connectivity index (χ4v) is 8.13. The molecule has 2 heterocycles. The van der Waals surface area contributed by atoms with Crippen molar-refractivity contribution in [3.63, 3.8) is 0 Å². The number of amides is 2. The SMILES string of the molecule is C[C@H]1CCCCO[C@H](CN(C)C(=O)C2CCCCC2)[C@@H](C)CN([C@@H](C)CO)C(=O)c2cc(NS(=O)(=O)c3cccs3)ccc2O1. The number of carbonyl (C=O) groups is 2. The Balaban J connectivity index is 1.63. The second-order valence-corrected chi connectivity index (χ2v) is 15.5. The standard InChI is InChI=1S/C33H49N3O7S2/c1-23-20-36(24(2)22-37)33(39)28-19-27(34-45(40,41)31-14-10-18-44-31)15-16-29(28)43-25(3)11-8-9-17-42-30(23)21-35(4)32(38)26-12-6-5-7-13-26/h10,14-16,18-19,23-26,30,34,37H,5-9,11-13,17,20-22H2,1-4H3/t23-,24-,25-,30+/m0/s1. The van der Waals surface area contributed by atoms with Gasteiger partial charge in [0.2, 0.25) is 5.91 Å². The Hall–Kier alpha value is -2.67. The van der Waals surface area contributed by atoms with Gasteiger partial charge in [-0.1, -0.05) is 32.3 Å². The lowest BCUT2D eigenvalue weighted by Crippen LogP contribution is -2.48. The molecule has 0 bridgehead atoms. The van der Waals surface area contributed by atoms with E-state index >= 15 is 0 Å². The van der Waals surface area contributed by atoms with Gasteiger partial charge in [-0.25, -0.2) is 8.42 Å². The zero-order valence-electron chi connectivity index (χ0n) is 26.9. The number of sulfonamides is 1. The number of anilines is 1. The van der Waals surface area contributed by atoms with Crippen LogP contribution in [-0.2, 0) is 19.6 Å². The molecule has 0 spiro atoms. The average molecular weight is 664 g/mol. The molecule has 0 saturated heterocycles. The average Bonchev–Trinajstić information content (AvgIpc) is 3.59. The summed E-state index contributed by atoms with van der Waals surface area (Å²) in [7, 11) is -2.00. The first-order valence-corrected chi connectivity index (χ1v) is 18.5. The second kappa shape index (κ2) is 16.2. The lowest BCUT2D eigenvalue weighted by atomic mass is 9.88. The van der Waals surface area contributed by atoms with Gasteiger partial charge < -0.3 is 24.4 Å². The molecule has 12 heteroatoms. The molecule has 1 aliphatic carbocycles. The Morgan fingerprint density at radius 3 is 2.56 bits per heavy atom. The molecule has 0 unspecified atom stereocenters. The van der Waals surface area contributed by atoms with Gasteiger partial charge in [-0.3, -0.25) is 14.3 Å². The Labute approximate surface area is 272 Å². The number of nitrogens with one attached hydrogen (secondary N) is 1. The van der Waals surface area contributed by atoms with Crippen LogP contribution in [0, 0.1) is 11.8 Å². The molecule has 0 radical (unpaired) electrons. The van der Waals surface area contributed by atoms with Crippen LogP contribution in [0.3, 0.4) is 0 Å². The van der Waals surface area contributed by atoms with Crippen molar-refractivity contribution >= 4 is 38.9 Å². The van der Waals surface area contributed by atoms with Crippen LogP contribution in [0.2, 0.25) is 0 Å². The van der Waals surface area contributed by atoms with Crippen molar-refractivity contribution in [1.82, 2.24) is 9.80 Å². The molecule has 2 aliphatic rings. The number of fused-ring (bicyclic) bond motifs is 1. The van der Waals surface area contributed by atoms with E-state index in [0.717, 1.165) is 56.3 Å². The van der Waals surface area contributed by atoms with E-state index < -0.39 is 16.1 Å². The summed E-state index contributed by atoms with van der Waals surface area (Å²) < 4.78 is 41.4. The number of carbonyl (C=O) groups excluding carboxylic acids is 2. The molecule has 1 aliphatic heterocycles. The van der Waals surface area contributed by atoms with Crippen molar-refractivity contribution in [3.05, 3.63) is 41.3 Å². The Bertz CT molecular complexity index is 1360. The maximum absolute atomic E-state index is 14.3. The number of hydrogen-bond donors (Lipinski definition) is 2. The van der Waals surface area contributed by atoms with Crippen LogP contribution in [0.15, 0.2) is 39.9 Å². The summed E-state index contributed by atoms with van der Waals surface area (Å²) in [6.45, 7) is 6.66. The minimum Gasteiger partial charge on any atom is -0.490 e. The van der Waals surface area contributed by atoms with E-state index in [1.807, 2.05) is 20.9 Å². The highest BCUT2D eigenvalue weighted by molar-refractivity contribution is 7.94. The molecule has 2 amide bonds. The fraction of sp³-hybridized carbons (Fsp3) is 0.636. The third-order valence-electron chi connectivity index (χ3n) is 8.85. The first-order valence-electron chi connectivity index (χ1n) is 16.2. The number of aliphatic hydroxyl groups is 1. The molecule has 1 aromatic heterocycles. The number of likely N-dealkylation sites (N-methyl/N-ethyl adjacent to an activating group) is 1. The van der Waals surface area contributed by atoms with Crippen molar-refractivity contribution in [2.45, 2.75) is 94.6 Å².